The fraction of sp³-hybridized carbons (Fsp3) is 0.353. The largest absolute Gasteiger partial charge is 0.349 e. The number of carbonyl (C=O) groups is 1. The maximum absolute atomic E-state index is 12.7. The van der Waals surface area contributed by atoms with Crippen LogP contribution in [0.25, 0.3) is 10.3 Å². The highest BCUT2D eigenvalue weighted by atomic mass is 79.9. The van der Waals surface area contributed by atoms with Crippen molar-refractivity contribution in [1.82, 2.24) is 15.3 Å². The molecule has 0 aliphatic carbocycles. The van der Waals surface area contributed by atoms with Crippen molar-refractivity contribution in [2.75, 3.05) is 23.3 Å². The van der Waals surface area contributed by atoms with Crippen molar-refractivity contribution in [1.29, 1.82) is 0 Å². The van der Waals surface area contributed by atoms with Crippen LogP contribution in [-0.2, 0) is 0 Å². The van der Waals surface area contributed by atoms with Gasteiger partial charge in [-0.15, -0.1) is 22.7 Å². The zero-order valence-corrected chi connectivity index (χ0v) is 17.0. The van der Waals surface area contributed by atoms with Gasteiger partial charge in [-0.1, -0.05) is 0 Å². The second-order valence-electron chi connectivity index (χ2n) is 6.58. The highest BCUT2D eigenvalue weighted by molar-refractivity contribution is 9.11. The molecular weight excluding hydrogens is 434 g/mol. The molecule has 26 heavy (non-hydrogen) atoms. The van der Waals surface area contributed by atoms with Gasteiger partial charge in [-0.25, -0.2) is 9.97 Å². The summed E-state index contributed by atoms with van der Waals surface area (Å²) < 4.78 is 0.911. The molecule has 1 amide bonds. The molecule has 0 aromatic carbocycles. The average molecular weight is 450 g/mol. The number of amides is 1. The number of carbonyl (C=O) groups excluding carboxylic acids is 1. The molecule has 2 atom stereocenters. The van der Waals surface area contributed by atoms with Crippen molar-refractivity contribution in [3.05, 3.63) is 32.4 Å². The van der Waals surface area contributed by atoms with E-state index in [1.807, 2.05) is 23.0 Å². The van der Waals surface area contributed by atoms with Gasteiger partial charge in [-0.3, -0.25) is 4.79 Å². The molecule has 3 saturated heterocycles. The molecular formula is C17H16BrN5OS2. The third-order valence-corrected chi connectivity index (χ3v) is 7.59. The molecule has 2 N–H and O–H groups in total. The molecule has 6 nitrogen and oxygen atoms in total. The first-order valence-corrected chi connectivity index (χ1v) is 11.0. The summed E-state index contributed by atoms with van der Waals surface area (Å²) in [4.78, 5) is 25.3. The lowest BCUT2D eigenvalue weighted by Gasteiger charge is -2.46. The van der Waals surface area contributed by atoms with Gasteiger partial charge in [0.1, 0.15) is 16.2 Å². The summed E-state index contributed by atoms with van der Waals surface area (Å²) in [7, 11) is 0. The maximum atomic E-state index is 12.7. The Balaban J connectivity index is 1.47. The Hall–Kier alpha value is -1.55. The summed E-state index contributed by atoms with van der Waals surface area (Å²) in [5.74, 6) is 0.724. The van der Waals surface area contributed by atoms with Crippen LogP contribution in [0.2, 0.25) is 0 Å². The molecule has 3 aromatic rings. The number of rotatable bonds is 3. The summed E-state index contributed by atoms with van der Waals surface area (Å²) in [6, 6.07) is 2.87. The number of aromatic nitrogens is 2. The van der Waals surface area contributed by atoms with E-state index >= 15 is 0 Å². The third kappa shape index (κ3) is 2.83. The number of hydrogen-bond donors (Lipinski definition) is 2. The molecule has 6 heterocycles. The highest BCUT2D eigenvalue weighted by Crippen LogP contribution is 2.32. The monoisotopic (exact) mass is 449 g/mol. The van der Waals surface area contributed by atoms with E-state index in [9.17, 15) is 4.79 Å². The lowest BCUT2D eigenvalue weighted by atomic mass is 9.93. The van der Waals surface area contributed by atoms with E-state index in [4.69, 9.17) is 4.98 Å². The van der Waals surface area contributed by atoms with Crippen LogP contribution in [0, 0.1) is 0 Å². The van der Waals surface area contributed by atoms with Gasteiger partial charge in [0.15, 0.2) is 0 Å². The van der Waals surface area contributed by atoms with Crippen LogP contribution in [0.15, 0.2) is 26.8 Å². The number of halogens is 1. The van der Waals surface area contributed by atoms with Gasteiger partial charge in [0.25, 0.3) is 5.91 Å². The van der Waals surface area contributed by atoms with Gasteiger partial charge in [0.2, 0.25) is 0 Å². The highest BCUT2D eigenvalue weighted by Gasteiger charge is 2.34. The molecule has 6 rings (SSSR count). The van der Waals surface area contributed by atoms with Crippen LogP contribution in [0.4, 0.5) is 11.5 Å². The first-order valence-electron chi connectivity index (χ1n) is 8.47. The average Bonchev–Trinajstić information content (AvgIpc) is 3.28. The predicted octanol–water partition coefficient (Wildman–Crippen LogP) is 3.71. The lowest BCUT2D eigenvalue weighted by molar-refractivity contribution is 0.102. The fourth-order valence-electron chi connectivity index (χ4n) is 3.66. The Labute approximate surface area is 166 Å². The lowest BCUT2D eigenvalue weighted by Crippen LogP contribution is -2.61. The number of piperidine rings is 2. The maximum Gasteiger partial charge on any atom is 0.258 e. The minimum atomic E-state index is -0.149. The molecule has 0 radical (unpaired) electrons. The number of fused-ring (bicyclic) bond motifs is 4. The van der Waals surface area contributed by atoms with E-state index in [1.165, 1.54) is 35.5 Å². The molecule has 3 aliphatic rings. The summed E-state index contributed by atoms with van der Waals surface area (Å²) >= 11 is 6.45. The smallest absolute Gasteiger partial charge is 0.258 e. The number of nitrogens with zero attached hydrogens (tertiary/aromatic N) is 3. The first-order chi connectivity index (χ1) is 12.7. The van der Waals surface area contributed by atoms with Gasteiger partial charge >= 0.3 is 0 Å². The Morgan fingerprint density at radius 2 is 2.31 bits per heavy atom. The van der Waals surface area contributed by atoms with E-state index in [-0.39, 0.29) is 5.91 Å². The number of nitrogens with one attached hydrogen (secondary N) is 2. The standard InChI is InChI=1S/C17H16BrN5OS2/c18-15-12(3-4-25-15)21-16(24)11-8-26-17-14(11)22-13(6-20-17)23-7-9-1-2-10(23)5-19-9/h3-4,6,8-10,19H,1-2,5,7H2,(H,21,24). The van der Waals surface area contributed by atoms with Crippen molar-refractivity contribution in [2.24, 2.45) is 0 Å². The van der Waals surface area contributed by atoms with Crippen LogP contribution in [0.3, 0.4) is 0 Å². The Morgan fingerprint density at radius 1 is 1.38 bits per heavy atom. The van der Waals surface area contributed by atoms with E-state index in [2.05, 4.69) is 36.4 Å². The van der Waals surface area contributed by atoms with Crippen molar-refractivity contribution in [3.8, 4) is 0 Å². The molecule has 3 fully saturated rings. The normalized spacial score (nSPS) is 22.1. The summed E-state index contributed by atoms with van der Waals surface area (Å²) in [6.45, 7) is 1.95. The summed E-state index contributed by atoms with van der Waals surface area (Å²) in [5.41, 5.74) is 2.05. The van der Waals surface area contributed by atoms with Gasteiger partial charge in [0.05, 0.1) is 21.2 Å². The summed E-state index contributed by atoms with van der Waals surface area (Å²) in [5, 5.41) is 10.3. The van der Waals surface area contributed by atoms with Gasteiger partial charge in [-0.2, -0.15) is 0 Å². The second kappa shape index (κ2) is 6.56. The van der Waals surface area contributed by atoms with E-state index in [1.54, 1.807) is 0 Å². The van der Waals surface area contributed by atoms with Crippen LogP contribution in [0.1, 0.15) is 23.2 Å². The zero-order valence-electron chi connectivity index (χ0n) is 13.7. The molecule has 3 aromatic heterocycles. The molecule has 2 unspecified atom stereocenters. The molecule has 2 bridgehead atoms. The van der Waals surface area contributed by atoms with Crippen molar-refractivity contribution in [3.63, 3.8) is 0 Å². The molecule has 9 heteroatoms. The Kier molecular flexibility index (Phi) is 4.19. The quantitative estimate of drug-likeness (QED) is 0.637. The van der Waals surface area contributed by atoms with E-state index < -0.39 is 0 Å². The van der Waals surface area contributed by atoms with Crippen molar-refractivity contribution >= 4 is 66.4 Å². The molecule has 0 saturated carbocycles. The predicted molar refractivity (Wildman–Crippen MR) is 110 cm³/mol. The van der Waals surface area contributed by atoms with Crippen LogP contribution < -0.4 is 15.5 Å². The van der Waals surface area contributed by atoms with Crippen molar-refractivity contribution < 1.29 is 4.79 Å². The number of piperazine rings is 1. The van der Waals surface area contributed by atoms with Gasteiger partial charge in [0, 0.05) is 30.6 Å². The van der Waals surface area contributed by atoms with Crippen LogP contribution in [0.5, 0.6) is 0 Å². The SMILES string of the molecule is O=C(Nc1ccsc1Br)c1csc2ncc(N3CC4CCC3CN4)nc12. The van der Waals surface area contributed by atoms with Crippen molar-refractivity contribution in [2.45, 2.75) is 24.9 Å². The third-order valence-electron chi connectivity index (χ3n) is 5.02. The Bertz CT molecular complexity index is 979. The first kappa shape index (κ1) is 16.6. The molecule has 0 spiro atoms. The second-order valence-corrected chi connectivity index (χ2v) is 9.67. The molecule has 134 valence electrons. The van der Waals surface area contributed by atoms with E-state index in [0.717, 1.165) is 33.2 Å². The number of anilines is 2. The Morgan fingerprint density at radius 3 is 3.00 bits per heavy atom. The fourth-order valence-corrected chi connectivity index (χ4v) is 5.61. The summed E-state index contributed by atoms with van der Waals surface area (Å²) in [6.07, 6.45) is 4.25. The molecule has 3 aliphatic heterocycles. The zero-order chi connectivity index (χ0) is 17.7. The van der Waals surface area contributed by atoms with Crippen LogP contribution in [-0.4, -0.2) is 41.0 Å². The van der Waals surface area contributed by atoms with Gasteiger partial charge < -0.3 is 15.5 Å². The minimum Gasteiger partial charge on any atom is -0.349 e. The topological polar surface area (TPSA) is 70.2 Å². The minimum absolute atomic E-state index is 0.149. The number of hydrogen-bond acceptors (Lipinski definition) is 7. The number of thiophene rings is 2. The van der Waals surface area contributed by atoms with Gasteiger partial charge in [-0.05, 0) is 40.2 Å². The van der Waals surface area contributed by atoms with Crippen LogP contribution >= 0.6 is 38.6 Å². The van der Waals surface area contributed by atoms with E-state index in [0.29, 0.717) is 23.2 Å².